The Morgan fingerprint density at radius 3 is 2.35 bits per heavy atom. The topological polar surface area (TPSA) is 0 Å². The summed E-state index contributed by atoms with van der Waals surface area (Å²) in [6.07, 6.45) is 2.16. The molecule has 0 nitrogen and oxygen atoms in total. The fraction of sp³-hybridized carbons (Fsp3) is 0.125. The molecule has 0 unspecified atom stereocenters. The van der Waals surface area contributed by atoms with Crippen molar-refractivity contribution in [3.8, 4) is 0 Å². The average Bonchev–Trinajstić information content (AvgIpc) is 2.38. The predicted molar refractivity (Wildman–Crippen MR) is 78.0 cm³/mol. The number of thioether (sulfide) groups is 1. The van der Waals surface area contributed by atoms with Crippen LogP contribution >= 0.6 is 11.8 Å². The molecule has 0 bridgehead atoms. The second kappa shape index (κ2) is 6.31. The monoisotopic (exact) mass is 240 g/mol. The Labute approximate surface area is 107 Å². The Hall–Kier alpha value is -1.47. The van der Waals surface area contributed by atoms with Gasteiger partial charge in [-0.1, -0.05) is 60.2 Å². The van der Waals surface area contributed by atoms with Crippen LogP contribution in [0.4, 0.5) is 0 Å². The second-order valence-corrected chi connectivity index (χ2v) is 4.90. The van der Waals surface area contributed by atoms with Crippen molar-refractivity contribution in [1.82, 2.24) is 0 Å². The minimum Gasteiger partial charge on any atom is -0.129 e. The molecule has 0 aliphatic carbocycles. The minimum atomic E-state index is 1.03. The molecule has 0 heterocycles. The lowest BCUT2D eigenvalue weighted by Gasteiger charge is -1.97. The molecule has 0 spiro atoms. The van der Waals surface area contributed by atoms with Gasteiger partial charge in [0.1, 0.15) is 0 Å². The van der Waals surface area contributed by atoms with E-state index in [0.717, 1.165) is 5.75 Å². The van der Waals surface area contributed by atoms with Gasteiger partial charge in [0, 0.05) is 5.75 Å². The van der Waals surface area contributed by atoms with Crippen molar-refractivity contribution in [2.75, 3.05) is 0 Å². The first-order valence-corrected chi connectivity index (χ1v) is 6.78. The molecule has 1 heteroatoms. The van der Waals surface area contributed by atoms with Gasteiger partial charge in [-0.25, -0.2) is 0 Å². The molecule has 0 N–H and O–H groups in total. The summed E-state index contributed by atoms with van der Waals surface area (Å²) in [5.41, 5.74) is 3.93. The van der Waals surface area contributed by atoms with Crippen LogP contribution in [0.15, 0.2) is 60.0 Å². The van der Waals surface area contributed by atoms with E-state index in [4.69, 9.17) is 0 Å². The highest BCUT2D eigenvalue weighted by Crippen LogP contribution is 2.15. The first-order valence-electron chi connectivity index (χ1n) is 5.73. The largest absolute Gasteiger partial charge is 0.129 e. The molecule has 0 aromatic heterocycles. The summed E-state index contributed by atoms with van der Waals surface area (Å²) < 4.78 is 0. The molecule has 2 aromatic rings. The maximum atomic E-state index is 2.16. The van der Waals surface area contributed by atoms with Gasteiger partial charge >= 0.3 is 0 Å². The third kappa shape index (κ3) is 4.12. The SMILES string of the molecule is Cc1ccc(/C=C/SCc2ccccc2)cc1. The van der Waals surface area contributed by atoms with Gasteiger partial charge in [-0.2, -0.15) is 0 Å². The van der Waals surface area contributed by atoms with Gasteiger partial charge in [-0.3, -0.25) is 0 Å². The average molecular weight is 240 g/mol. The van der Waals surface area contributed by atoms with Gasteiger partial charge in [-0.05, 0) is 29.5 Å². The van der Waals surface area contributed by atoms with E-state index in [1.165, 1.54) is 16.7 Å². The number of aryl methyl sites for hydroxylation is 1. The van der Waals surface area contributed by atoms with E-state index in [2.05, 4.69) is 73.0 Å². The molecule has 2 rings (SSSR count). The van der Waals surface area contributed by atoms with Crippen molar-refractivity contribution in [2.45, 2.75) is 12.7 Å². The van der Waals surface area contributed by atoms with E-state index >= 15 is 0 Å². The molecule has 0 aliphatic rings. The van der Waals surface area contributed by atoms with Crippen molar-refractivity contribution in [3.63, 3.8) is 0 Å². The van der Waals surface area contributed by atoms with Crippen LogP contribution in [-0.4, -0.2) is 0 Å². The van der Waals surface area contributed by atoms with Crippen molar-refractivity contribution in [1.29, 1.82) is 0 Å². The van der Waals surface area contributed by atoms with Crippen molar-refractivity contribution < 1.29 is 0 Å². The van der Waals surface area contributed by atoms with Crippen LogP contribution in [0.2, 0.25) is 0 Å². The normalized spacial score (nSPS) is 10.9. The number of rotatable bonds is 4. The standard InChI is InChI=1S/C16H16S/c1-14-7-9-15(10-8-14)11-12-17-13-16-5-3-2-4-6-16/h2-12H,13H2,1H3/b12-11+. The third-order valence-corrected chi connectivity index (χ3v) is 3.36. The molecule has 0 fully saturated rings. The molecule has 2 aromatic carbocycles. The number of hydrogen-bond donors (Lipinski definition) is 0. The Kier molecular flexibility index (Phi) is 4.45. The Morgan fingerprint density at radius 2 is 1.65 bits per heavy atom. The molecule has 0 aliphatic heterocycles. The smallest absolute Gasteiger partial charge is 0.0226 e. The first-order chi connectivity index (χ1) is 8.34. The molecule has 0 saturated carbocycles. The van der Waals surface area contributed by atoms with Gasteiger partial charge in [0.2, 0.25) is 0 Å². The summed E-state index contributed by atoms with van der Waals surface area (Å²) in [6, 6.07) is 19.1. The Morgan fingerprint density at radius 1 is 0.941 bits per heavy atom. The van der Waals surface area contributed by atoms with Crippen LogP contribution in [0.5, 0.6) is 0 Å². The van der Waals surface area contributed by atoms with Crippen LogP contribution in [0.3, 0.4) is 0 Å². The van der Waals surface area contributed by atoms with Gasteiger partial charge in [0.25, 0.3) is 0 Å². The maximum absolute atomic E-state index is 2.16. The lowest BCUT2D eigenvalue weighted by molar-refractivity contribution is 1.42. The maximum Gasteiger partial charge on any atom is 0.0226 e. The lowest BCUT2D eigenvalue weighted by Crippen LogP contribution is -1.76. The third-order valence-electron chi connectivity index (χ3n) is 2.53. The van der Waals surface area contributed by atoms with Crippen LogP contribution in [0.25, 0.3) is 6.08 Å². The highest BCUT2D eigenvalue weighted by molar-refractivity contribution is 8.01. The van der Waals surface area contributed by atoms with Crippen LogP contribution in [-0.2, 0) is 5.75 Å². The lowest BCUT2D eigenvalue weighted by atomic mass is 10.2. The highest BCUT2D eigenvalue weighted by atomic mass is 32.2. The predicted octanol–water partition coefficient (Wildman–Crippen LogP) is 4.90. The fourth-order valence-corrected chi connectivity index (χ4v) is 2.26. The van der Waals surface area contributed by atoms with Gasteiger partial charge in [-0.15, -0.1) is 11.8 Å². The zero-order valence-electron chi connectivity index (χ0n) is 9.97. The molecule has 0 saturated heterocycles. The number of benzene rings is 2. The Bertz CT molecular complexity index is 469. The van der Waals surface area contributed by atoms with Crippen molar-refractivity contribution >= 4 is 17.8 Å². The van der Waals surface area contributed by atoms with Crippen molar-refractivity contribution in [3.05, 3.63) is 76.7 Å². The quantitative estimate of drug-likeness (QED) is 0.732. The highest BCUT2D eigenvalue weighted by Gasteiger charge is 1.89. The van der Waals surface area contributed by atoms with E-state index < -0.39 is 0 Å². The zero-order valence-corrected chi connectivity index (χ0v) is 10.8. The van der Waals surface area contributed by atoms with E-state index in [1.807, 2.05) is 11.8 Å². The first kappa shape index (κ1) is 12.0. The van der Waals surface area contributed by atoms with E-state index in [9.17, 15) is 0 Å². The van der Waals surface area contributed by atoms with Crippen LogP contribution in [0, 0.1) is 6.92 Å². The summed E-state index contributed by atoms with van der Waals surface area (Å²) in [5, 5.41) is 2.16. The summed E-state index contributed by atoms with van der Waals surface area (Å²) in [6.45, 7) is 2.11. The molecule has 17 heavy (non-hydrogen) atoms. The molecule has 86 valence electrons. The van der Waals surface area contributed by atoms with Gasteiger partial charge < -0.3 is 0 Å². The fourth-order valence-electron chi connectivity index (χ4n) is 1.52. The summed E-state index contributed by atoms with van der Waals surface area (Å²) in [5.74, 6) is 1.03. The van der Waals surface area contributed by atoms with Gasteiger partial charge in [0.15, 0.2) is 0 Å². The van der Waals surface area contributed by atoms with Crippen LogP contribution in [0.1, 0.15) is 16.7 Å². The number of hydrogen-bond acceptors (Lipinski definition) is 1. The van der Waals surface area contributed by atoms with E-state index in [0.29, 0.717) is 0 Å². The van der Waals surface area contributed by atoms with E-state index in [1.54, 1.807) is 0 Å². The van der Waals surface area contributed by atoms with Crippen LogP contribution < -0.4 is 0 Å². The molecular weight excluding hydrogens is 224 g/mol. The molecule has 0 atom stereocenters. The molecule has 0 radical (unpaired) electrons. The van der Waals surface area contributed by atoms with Gasteiger partial charge in [0.05, 0.1) is 0 Å². The Balaban J connectivity index is 1.84. The summed E-state index contributed by atoms with van der Waals surface area (Å²) >= 11 is 1.82. The summed E-state index contributed by atoms with van der Waals surface area (Å²) in [7, 11) is 0. The van der Waals surface area contributed by atoms with Crippen molar-refractivity contribution in [2.24, 2.45) is 0 Å². The summed E-state index contributed by atoms with van der Waals surface area (Å²) in [4.78, 5) is 0. The van der Waals surface area contributed by atoms with E-state index in [-0.39, 0.29) is 0 Å². The molecular formula is C16H16S. The second-order valence-electron chi connectivity index (χ2n) is 4.01. The zero-order chi connectivity index (χ0) is 11.9. The molecule has 0 amide bonds. The minimum absolute atomic E-state index is 1.03.